The zero-order valence-corrected chi connectivity index (χ0v) is 20.0. The summed E-state index contributed by atoms with van der Waals surface area (Å²) in [5, 5.41) is 0. The van der Waals surface area contributed by atoms with E-state index in [2.05, 4.69) is 55.5 Å². The number of halogens is 3. The molecule has 0 aromatic heterocycles. The summed E-state index contributed by atoms with van der Waals surface area (Å²) >= 11 is 1.28. The molecule has 0 radical (unpaired) electrons. The summed E-state index contributed by atoms with van der Waals surface area (Å²) < 4.78 is 47.3. The molecule has 4 rings (SSSR count). The van der Waals surface area contributed by atoms with Crippen molar-refractivity contribution in [1.82, 2.24) is 0 Å². The lowest BCUT2D eigenvalue weighted by atomic mass is 10.0. The van der Waals surface area contributed by atoms with Gasteiger partial charge in [0, 0.05) is 35.0 Å². The highest BCUT2D eigenvalue weighted by Crippen LogP contribution is 2.28. The predicted octanol–water partition coefficient (Wildman–Crippen LogP) is 7.67. The second kappa shape index (κ2) is 10.8. The van der Waals surface area contributed by atoms with Gasteiger partial charge in [-0.1, -0.05) is 48.0 Å². The van der Waals surface area contributed by atoms with Crippen LogP contribution in [0.1, 0.15) is 27.8 Å². The first-order valence-corrected chi connectivity index (χ1v) is 12.2. The minimum atomic E-state index is -0.729. The molecule has 4 aromatic rings. The molecule has 0 atom stereocenters. The minimum absolute atomic E-state index is 0.0662. The van der Waals surface area contributed by atoms with Crippen molar-refractivity contribution in [1.29, 1.82) is 0 Å². The molecule has 0 heterocycles. The van der Waals surface area contributed by atoms with Gasteiger partial charge in [0.15, 0.2) is 16.5 Å². The van der Waals surface area contributed by atoms with Crippen LogP contribution in [-0.4, -0.2) is 0 Å². The lowest BCUT2D eigenvalue weighted by molar-refractivity contribution is 0.432. The first-order chi connectivity index (χ1) is 16.4. The average molecular weight is 480 g/mol. The van der Waals surface area contributed by atoms with E-state index in [1.165, 1.54) is 52.4 Å². The van der Waals surface area contributed by atoms with Crippen LogP contribution in [0.2, 0.25) is 0 Å². The summed E-state index contributed by atoms with van der Waals surface area (Å²) in [5.74, 6) is -1.20. The summed E-state index contributed by atoms with van der Waals surface area (Å²) in [4.78, 5) is 1.31. The molecular weight excluding hydrogens is 453 g/mol. The Morgan fingerprint density at radius 2 is 1.24 bits per heavy atom. The van der Waals surface area contributed by atoms with E-state index in [1.807, 2.05) is 0 Å². The van der Waals surface area contributed by atoms with Crippen LogP contribution in [0.3, 0.4) is 0 Å². The largest absolute Gasteiger partial charge is 0.454 e. The van der Waals surface area contributed by atoms with Crippen molar-refractivity contribution >= 4 is 11.8 Å². The number of hydrogen-bond acceptors (Lipinski definition) is 1. The van der Waals surface area contributed by atoms with Crippen LogP contribution >= 0.6 is 0 Å². The van der Waals surface area contributed by atoms with Gasteiger partial charge in [0.25, 0.3) is 0 Å². The van der Waals surface area contributed by atoms with E-state index in [0.717, 1.165) is 29.9 Å². The van der Waals surface area contributed by atoms with Crippen molar-refractivity contribution < 1.29 is 17.9 Å². The highest BCUT2D eigenvalue weighted by molar-refractivity contribution is 7.77. The molecule has 0 unspecified atom stereocenters. The maximum Gasteiger partial charge on any atom is 0.165 e. The summed E-state index contributed by atoms with van der Waals surface area (Å²) in [5.41, 5.74) is 4.46. The van der Waals surface area contributed by atoms with E-state index in [0.29, 0.717) is 6.42 Å². The summed E-state index contributed by atoms with van der Waals surface area (Å²) in [6.45, 7) is 3.42. The van der Waals surface area contributed by atoms with Crippen molar-refractivity contribution in [2.45, 2.75) is 37.3 Å². The zero-order valence-electron chi connectivity index (χ0n) is 19.1. The Kier molecular flexibility index (Phi) is 7.63. The van der Waals surface area contributed by atoms with Crippen molar-refractivity contribution in [3.05, 3.63) is 124 Å². The Bertz CT molecular complexity index is 1240. The second-order valence-corrected chi connectivity index (χ2v) is 9.50. The second-order valence-electron chi connectivity index (χ2n) is 8.35. The van der Waals surface area contributed by atoms with E-state index in [4.69, 9.17) is 4.74 Å². The first-order valence-electron chi connectivity index (χ1n) is 11.1. The van der Waals surface area contributed by atoms with E-state index in [9.17, 15) is 13.2 Å². The molecule has 0 aliphatic heterocycles. The van der Waals surface area contributed by atoms with Crippen molar-refractivity contribution in [3.8, 4) is 11.5 Å². The molecule has 1 nitrogen and oxygen atoms in total. The van der Waals surface area contributed by atoms with E-state index >= 15 is 0 Å². The van der Waals surface area contributed by atoms with E-state index < -0.39 is 17.5 Å². The molecule has 0 aliphatic rings. The predicted molar refractivity (Wildman–Crippen MR) is 133 cm³/mol. The lowest BCUT2D eigenvalue weighted by Gasteiger charge is -2.10. The SMILES string of the molecule is Cc1ccc([SH+]Cc2ccc(CCc3ccc(Oc4cc(F)c(C)c(F)c4)c(F)c3)cc2)cc1. The number of thiol groups is 1. The molecule has 0 saturated heterocycles. The Hall–Kier alpha value is -3.18. The Morgan fingerprint density at radius 1 is 0.647 bits per heavy atom. The molecule has 0 spiro atoms. The van der Waals surface area contributed by atoms with Gasteiger partial charge < -0.3 is 4.74 Å². The van der Waals surface area contributed by atoms with E-state index in [1.54, 1.807) is 6.07 Å². The van der Waals surface area contributed by atoms with Crippen LogP contribution < -0.4 is 4.74 Å². The molecule has 0 N–H and O–H groups in total. The molecule has 0 amide bonds. The van der Waals surface area contributed by atoms with Crippen molar-refractivity contribution in [2.75, 3.05) is 0 Å². The fraction of sp³-hybridized carbons (Fsp3) is 0.172. The Balaban J connectivity index is 1.32. The molecule has 5 heteroatoms. The van der Waals surface area contributed by atoms with Crippen molar-refractivity contribution in [3.63, 3.8) is 0 Å². The summed E-state index contributed by atoms with van der Waals surface area (Å²) in [6, 6.07) is 23.9. The number of benzene rings is 4. The number of aryl methyl sites for hydroxylation is 3. The minimum Gasteiger partial charge on any atom is -0.454 e. The van der Waals surface area contributed by atoms with Crippen LogP contribution in [0.25, 0.3) is 0 Å². The molecule has 0 saturated carbocycles. The Morgan fingerprint density at radius 3 is 1.88 bits per heavy atom. The van der Waals surface area contributed by atoms with Crippen LogP contribution in [0.4, 0.5) is 13.2 Å². The molecule has 0 fully saturated rings. The highest BCUT2D eigenvalue weighted by Gasteiger charge is 2.11. The van der Waals surface area contributed by atoms with Crippen LogP contribution in [0.15, 0.2) is 83.8 Å². The topological polar surface area (TPSA) is 9.23 Å². The van der Waals surface area contributed by atoms with Gasteiger partial charge in [-0.3, -0.25) is 0 Å². The molecule has 174 valence electrons. The first kappa shape index (κ1) is 24.0. The number of hydrogen-bond donors (Lipinski definition) is 0. The molecule has 0 bridgehead atoms. The van der Waals surface area contributed by atoms with Gasteiger partial charge in [-0.25, -0.2) is 13.2 Å². The third-order valence-electron chi connectivity index (χ3n) is 5.68. The van der Waals surface area contributed by atoms with E-state index in [-0.39, 0.29) is 17.1 Å². The number of rotatable bonds is 8. The van der Waals surface area contributed by atoms with Gasteiger partial charge in [0.05, 0.1) is 0 Å². The van der Waals surface area contributed by atoms with Gasteiger partial charge in [0.2, 0.25) is 0 Å². The van der Waals surface area contributed by atoms with Gasteiger partial charge in [-0.2, -0.15) is 0 Å². The monoisotopic (exact) mass is 479 g/mol. The quantitative estimate of drug-likeness (QED) is 0.186. The molecule has 34 heavy (non-hydrogen) atoms. The fourth-order valence-corrected chi connectivity index (χ4v) is 4.46. The summed E-state index contributed by atoms with van der Waals surface area (Å²) in [7, 11) is 0. The molecule has 0 aliphatic carbocycles. The van der Waals surface area contributed by atoms with Gasteiger partial charge >= 0.3 is 0 Å². The smallest absolute Gasteiger partial charge is 0.165 e. The zero-order chi connectivity index (χ0) is 24.1. The van der Waals surface area contributed by atoms with Gasteiger partial charge in [-0.05, 0) is 62.1 Å². The lowest BCUT2D eigenvalue weighted by Crippen LogP contribution is -1.96. The summed E-state index contributed by atoms with van der Waals surface area (Å²) in [6.07, 6.45) is 1.45. The highest BCUT2D eigenvalue weighted by atomic mass is 32.2. The number of ether oxygens (including phenoxy) is 1. The third-order valence-corrected chi connectivity index (χ3v) is 6.87. The third kappa shape index (κ3) is 6.23. The maximum absolute atomic E-state index is 14.5. The van der Waals surface area contributed by atoms with Crippen LogP contribution in [-0.2, 0) is 30.4 Å². The van der Waals surface area contributed by atoms with Gasteiger partial charge in [0.1, 0.15) is 23.1 Å². The van der Waals surface area contributed by atoms with Gasteiger partial charge in [-0.15, -0.1) is 0 Å². The maximum atomic E-state index is 14.5. The van der Waals surface area contributed by atoms with Crippen LogP contribution in [0, 0.1) is 31.3 Å². The molecule has 4 aromatic carbocycles. The average Bonchev–Trinajstić information content (AvgIpc) is 2.83. The normalized spacial score (nSPS) is 11.0. The Labute approximate surface area is 202 Å². The molecular formula is C29H26F3OS+. The van der Waals surface area contributed by atoms with Crippen LogP contribution in [0.5, 0.6) is 11.5 Å². The fourth-order valence-electron chi connectivity index (χ4n) is 3.52. The standard InChI is InChI=1S/C29H25F3OS/c1-19-3-12-25(13-4-19)34-18-23-9-6-21(7-10-23)5-8-22-11-14-29(28(32)15-22)33-24-16-26(30)20(2)27(31)17-24/h3-4,6-7,9-17H,5,8,18H2,1-2H3/p+1. The van der Waals surface area contributed by atoms with Crippen molar-refractivity contribution in [2.24, 2.45) is 0 Å².